The number of nitrogens with two attached hydrogens (primary N) is 1. The summed E-state index contributed by atoms with van der Waals surface area (Å²) in [5.74, 6) is -1.08. The van der Waals surface area contributed by atoms with Crippen molar-refractivity contribution >= 4 is 16.7 Å². The molecule has 4 rings (SSSR count). The molecule has 130 valence electrons. The number of aromatic nitrogens is 2. The topological polar surface area (TPSA) is 63.9 Å². The van der Waals surface area contributed by atoms with Gasteiger partial charge in [-0.2, -0.15) is 0 Å². The van der Waals surface area contributed by atoms with Crippen molar-refractivity contribution in [1.29, 1.82) is 0 Å². The van der Waals surface area contributed by atoms with E-state index in [0.29, 0.717) is 17.0 Å². The van der Waals surface area contributed by atoms with Crippen LogP contribution in [0, 0.1) is 18.6 Å². The van der Waals surface area contributed by atoms with Gasteiger partial charge in [0.2, 0.25) is 0 Å². The van der Waals surface area contributed by atoms with Crippen molar-refractivity contribution in [1.82, 2.24) is 9.97 Å². The maximum atomic E-state index is 14.0. The van der Waals surface area contributed by atoms with Crippen LogP contribution in [0.15, 0.2) is 54.7 Å². The molecule has 0 amide bonds. The van der Waals surface area contributed by atoms with Crippen molar-refractivity contribution in [3.05, 3.63) is 72.1 Å². The van der Waals surface area contributed by atoms with Gasteiger partial charge in [0, 0.05) is 34.6 Å². The first-order valence-electron chi connectivity index (χ1n) is 7.99. The van der Waals surface area contributed by atoms with Crippen LogP contribution in [0.4, 0.5) is 14.5 Å². The zero-order valence-electron chi connectivity index (χ0n) is 13.9. The average molecular weight is 351 g/mol. The van der Waals surface area contributed by atoms with Gasteiger partial charge >= 0.3 is 0 Å². The van der Waals surface area contributed by atoms with Crippen molar-refractivity contribution < 1.29 is 13.5 Å². The molecule has 2 aromatic heterocycles. The Bertz CT molecular complexity index is 1120. The van der Waals surface area contributed by atoms with E-state index in [2.05, 4.69) is 9.97 Å². The molecule has 0 bridgehead atoms. The number of pyridine rings is 1. The molecule has 0 radical (unpaired) electrons. The lowest BCUT2D eigenvalue weighted by atomic mass is 10.0. The molecule has 0 spiro atoms. The second-order valence-corrected chi connectivity index (χ2v) is 5.98. The second-order valence-electron chi connectivity index (χ2n) is 5.98. The van der Waals surface area contributed by atoms with Crippen molar-refractivity contribution in [2.75, 3.05) is 5.73 Å². The normalized spacial score (nSPS) is 11.0. The van der Waals surface area contributed by atoms with Gasteiger partial charge in [0.1, 0.15) is 17.2 Å². The first-order valence-corrected chi connectivity index (χ1v) is 7.99. The van der Waals surface area contributed by atoms with Crippen molar-refractivity contribution in [3.63, 3.8) is 0 Å². The van der Waals surface area contributed by atoms with E-state index >= 15 is 0 Å². The zero-order valence-corrected chi connectivity index (χ0v) is 13.9. The van der Waals surface area contributed by atoms with Crippen LogP contribution in [0.5, 0.6) is 11.5 Å². The van der Waals surface area contributed by atoms with Crippen LogP contribution in [0.2, 0.25) is 0 Å². The van der Waals surface area contributed by atoms with Crippen LogP contribution in [-0.2, 0) is 0 Å². The number of benzene rings is 2. The summed E-state index contributed by atoms with van der Waals surface area (Å²) in [6.07, 6.45) is 1.80. The van der Waals surface area contributed by atoms with Gasteiger partial charge in [-0.1, -0.05) is 0 Å². The third kappa shape index (κ3) is 2.86. The fraction of sp³-hybridized carbons (Fsp3) is 0.0500. The Kier molecular flexibility index (Phi) is 3.80. The molecule has 6 heteroatoms. The Labute approximate surface area is 148 Å². The van der Waals surface area contributed by atoms with Gasteiger partial charge in [0.25, 0.3) is 0 Å². The van der Waals surface area contributed by atoms with E-state index in [-0.39, 0.29) is 5.75 Å². The molecular weight excluding hydrogens is 336 g/mol. The summed E-state index contributed by atoms with van der Waals surface area (Å²) in [7, 11) is 0. The lowest BCUT2D eigenvalue weighted by Crippen LogP contribution is -1.95. The molecule has 0 saturated heterocycles. The van der Waals surface area contributed by atoms with Gasteiger partial charge in [-0.25, -0.2) is 13.8 Å². The largest absolute Gasteiger partial charge is 0.454 e. The summed E-state index contributed by atoms with van der Waals surface area (Å²) >= 11 is 0. The first kappa shape index (κ1) is 16.1. The maximum Gasteiger partial charge on any atom is 0.168 e. The third-order valence-corrected chi connectivity index (χ3v) is 4.06. The number of ether oxygens (including phenoxy) is 1. The van der Waals surface area contributed by atoms with Crippen molar-refractivity contribution in [2.24, 2.45) is 0 Å². The molecule has 0 saturated carbocycles. The fourth-order valence-electron chi connectivity index (χ4n) is 2.91. The highest BCUT2D eigenvalue weighted by molar-refractivity contribution is 5.95. The van der Waals surface area contributed by atoms with Crippen LogP contribution in [0.1, 0.15) is 5.69 Å². The first-order chi connectivity index (χ1) is 12.5. The fourth-order valence-corrected chi connectivity index (χ4v) is 2.91. The lowest BCUT2D eigenvalue weighted by Gasteiger charge is -2.14. The van der Waals surface area contributed by atoms with Gasteiger partial charge in [-0.05, 0) is 55.0 Å². The predicted octanol–water partition coefficient (Wildman–Crippen LogP) is 5.19. The predicted molar refractivity (Wildman–Crippen MR) is 97.1 cm³/mol. The summed E-state index contributed by atoms with van der Waals surface area (Å²) in [5.41, 5.74) is 9.62. The SMILES string of the molecule is Cc1cc(-c2cc(N)ccc2Oc2ccc(F)cc2F)c2cc[nH]c2n1. The molecule has 0 atom stereocenters. The Morgan fingerprint density at radius 3 is 2.58 bits per heavy atom. The van der Waals surface area contributed by atoms with Crippen LogP contribution in [0.3, 0.4) is 0 Å². The van der Waals surface area contributed by atoms with Crippen LogP contribution in [-0.4, -0.2) is 9.97 Å². The van der Waals surface area contributed by atoms with Crippen molar-refractivity contribution in [2.45, 2.75) is 6.92 Å². The highest BCUT2D eigenvalue weighted by Crippen LogP contribution is 2.39. The number of nitrogen functional groups attached to an aromatic ring is 1. The third-order valence-electron chi connectivity index (χ3n) is 4.06. The number of fused-ring (bicyclic) bond motifs is 1. The van der Waals surface area contributed by atoms with E-state index in [4.69, 9.17) is 10.5 Å². The van der Waals surface area contributed by atoms with Crippen LogP contribution < -0.4 is 10.5 Å². The molecular formula is C20H15F2N3O. The summed E-state index contributed by atoms with van der Waals surface area (Å²) in [6.45, 7) is 1.89. The van der Waals surface area contributed by atoms with E-state index in [0.717, 1.165) is 34.4 Å². The molecule has 0 aliphatic heterocycles. The minimum atomic E-state index is -0.773. The smallest absolute Gasteiger partial charge is 0.168 e. The molecule has 2 heterocycles. The number of rotatable bonds is 3. The Morgan fingerprint density at radius 1 is 0.962 bits per heavy atom. The Morgan fingerprint density at radius 2 is 1.77 bits per heavy atom. The van der Waals surface area contributed by atoms with Crippen LogP contribution >= 0.6 is 0 Å². The van der Waals surface area contributed by atoms with Gasteiger partial charge in [-0.3, -0.25) is 0 Å². The number of hydrogen-bond donors (Lipinski definition) is 2. The van der Waals surface area contributed by atoms with E-state index < -0.39 is 11.6 Å². The number of nitrogens with zero attached hydrogens (tertiary/aromatic N) is 1. The highest BCUT2D eigenvalue weighted by atomic mass is 19.1. The van der Waals surface area contributed by atoms with Gasteiger partial charge in [-0.15, -0.1) is 0 Å². The zero-order chi connectivity index (χ0) is 18.3. The van der Waals surface area contributed by atoms with Crippen molar-refractivity contribution in [3.8, 4) is 22.6 Å². The van der Waals surface area contributed by atoms with E-state index in [9.17, 15) is 8.78 Å². The standard InChI is InChI=1S/C20H15F2N3O/c1-11-8-15(14-6-7-24-20(14)25-11)16-10-13(23)3-5-18(16)26-19-4-2-12(21)9-17(19)22/h2-10H,23H2,1H3,(H,24,25). The maximum absolute atomic E-state index is 14.0. The van der Waals surface area contributed by atoms with E-state index in [1.54, 1.807) is 24.4 Å². The molecule has 2 aromatic carbocycles. The number of anilines is 1. The van der Waals surface area contributed by atoms with Gasteiger partial charge in [0.15, 0.2) is 11.6 Å². The summed E-state index contributed by atoms with van der Waals surface area (Å²) in [6, 6.07) is 12.1. The molecule has 3 N–H and O–H groups in total. The average Bonchev–Trinajstić information content (AvgIpc) is 3.06. The van der Waals surface area contributed by atoms with Gasteiger partial charge in [0.05, 0.1) is 0 Å². The minimum Gasteiger partial charge on any atom is -0.454 e. The number of nitrogens with one attached hydrogen (secondary N) is 1. The quantitative estimate of drug-likeness (QED) is 0.499. The summed E-state index contributed by atoms with van der Waals surface area (Å²) < 4.78 is 32.9. The molecule has 4 nitrogen and oxygen atoms in total. The monoisotopic (exact) mass is 351 g/mol. The molecule has 26 heavy (non-hydrogen) atoms. The van der Waals surface area contributed by atoms with E-state index in [1.807, 2.05) is 19.1 Å². The number of halogens is 2. The summed E-state index contributed by atoms with van der Waals surface area (Å²) in [4.78, 5) is 7.54. The molecule has 0 aliphatic carbocycles. The molecule has 0 fully saturated rings. The number of aryl methyl sites for hydroxylation is 1. The minimum absolute atomic E-state index is 0.0616. The Hall–Kier alpha value is -3.41. The van der Waals surface area contributed by atoms with Gasteiger partial charge < -0.3 is 15.5 Å². The molecule has 4 aromatic rings. The highest BCUT2D eigenvalue weighted by Gasteiger charge is 2.15. The molecule has 0 unspecified atom stereocenters. The van der Waals surface area contributed by atoms with E-state index in [1.165, 1.54) is 6.07 Å². The number of aromatic amines is 1. The lowest BCUT2D eigenvalue weighted by molar-refractivity contribution is 0.439. The van der Waals surface area contributed by atoms with Crippen LogP contribution in [0.25, 0.3) is 22.2 Å². The summed E-state index contributed by atoms with van der Waals surface area (Å²) in [5, 5.41) is 0.894. The Balaban J connectivity index is 1.89. The number of hydrogen-bond acceptors (Lipinski definition) is 3. The second kappa shape index (κ2) is 6.15. The number of H-pyrrole nitrogens is 1. The molecule has 0 aliphatic rings.